The maximum Gasteiger partial charge on any atom is 0.219 e. The van der Waals surface area contributed by atoms with Crippen LogP contribution in [-0.4, -0.2) is 24.8 Å². The Kier molecular flexibility index (Phi) is 18.4. The van der Waals surface area contributed by atoms with Gasteiger partial charge in [-0.3, -0.25) is 4.79 Å². The highest BCUT2D eigenvalue weighted by Gasteiger charge is 2.00. The van der Waals surface area contributed by atoms with Crippen LogP contribution in [0, 0.1) is 0 Å². The van der Waals surface area contributed by atoms with Crippen molar-refractivity contribution in [3.05, 3.63) is 0 Å². The third kappa shape index (κ3) is 19.6. The predicted octanol–water partition coefficient (Wildman–Crippen LogP) is 2.80. The molecule has 0 aliphatic carbocycles. The van der Waals surface area contributed by atoms with Gasteiger partial charge in [-0.2, -0.15) is 0 Å². The molecule has 1 amide bonds. The van der Waals surface area contributed by atoms with Crippen LogP contribution >= 0.6 is 0 Å². The molecule has 0 fully saturated rings. The standard InChI is InChI=1S/C13H26N2O2.C2H6/c1-12(16)8-4-3-7-11-15-13(17)9-5-2-6-10-14;1-2/h2-11,14H2,1H3,(H,15,17);1-2H3. The molecule has 0 aromatic carbocycles. The average molecular weight is 272 g/mol. The van der Waals surface area contributed by atoms with E-state index in [9.17, 15) is 9.59 Å². The molecule has 4 nitrogen and oxygen atoms in total. The second kappa shape index (κ2) is 17.1. The first-order valence-corrected chi connectivity index (χ1v) is 7.63. The summed E-state index contributed by atoms with van der Waals surface area (Å²) in [6.07, 6.45) is 7.12. The van der Waals surface area contributed by atoms with Gasteiger partial charge >= 0.3 is 0 Å². The van der Waals surface area contributed by atoms with Crippen molar-refractivity contribution >= 4 is 11.7 Å². The second-order valence-electron chi connectivity index (χ2n) is 4.46. The SMILES string of the molecule is CC.CC(=O)CCCCCNC(=O)CCCCCN. The molecule has 0 unspecified atom stereocenters. The Hall–Kier alpha value is -0.900. The van der Waals surface area contributed by atoms with Gasteiger partial charge in [-0.05, 0) is 39.2 Å². The highest BCUT2D eigenvalue weighted by molar-refractivity contribution is 5.75. The van der Waals surface area contributed by atoms with Crippen molar-refractivity contribution in [2.45, 2.75) is 72.1 Å². The summed E-state index contributed by atoms with van der Waals surface area (Å²) in [5.74, 6) is 0.377. The minimum Gasteiger partial charge on any atom is -0.356 e. The molecule has 0 aliphatic rings. The lowest BCUT2D eigenvalue weighted by atomic mass is 10.1. The lowest BCUT2D eigenvalue weighted by Gasteiger charge is -2.04. The van der Waals surface area contributed by atoms with Crippen molar-refractivity contribution in [1.82, 2.24) is 5.32 Å². The predicted molar refractivity (Wildman–Crippen MR) is 81.0 cm³/mol. The fraction of sp³-hybridized carbons (Fsp3) is 0.867. The molecular weight excluding hydrogens is 240 g/mol. The highest BCUT2D eigenvalue weighted by atomic mass is 16.1. The molecule has 0 radical (unpaired) electrons. The van der Waals surface area contributed by atoms with Crippen LogP contribution in [0.5, 0.6) is 0 Å². The number of rotatable bonds is 11. The molecule has 0 aromatic heterocycles. The van der Waals surface area contributed by atoms with E-state index in [1.54, 1.807) is 6.92 Å². The van der Waals surface area contributed by atoms with Gasteiger partial charge in [0.15, 0.2) is 0 Å². The van der Waals surface area contributed by atoms with Gasteiger partial charge < -0.3 is 15.8 Å². The topological polar surface area (TPSA) is 72.2 Å². The quantitative estimate of drug-likeness (QED) is 0.568. The number of carbonyl (C=O) groups excluding carboxylic acids is 2. The molecular formula is C15H32N2O2. The number of nitrogens with two attached hydrogens (primary N) is 1. The van der Waals surface area contributed by atoms with E-state index in [-0.39, 0.29) is 11.7 Å². The molecule has 0 aromatic rings. The fourth-order valence-corrected chi connectivity index (χ4v) is 1.60. The van der Waals surface area contributed by atoms with Crippen molar-refractivity contribution in [3.8, 4) is 0 Å². The molecule has 0 bridgehead atoms. The largest absolute Gasteiger partial charge is 0.356 e. The van der Waals surface area contributed by atoms with Crippen LogP contribution in [-0.2, 0) is 9.59 Å². The summed E-state index contributed by atoms with van der Waals surface area (Å²) in [5.41, 5.74) is 5.37. The van der Waals surface area contributed by atoms with E-state index < -0.39 is 0 Å². The van der Waals surface area contributed by atoms with Gasteiger partial charge in [0.2, 0.25) is 5.91 Å². The van der Waals surface area contributed by atoms with Gasteiger partial charge in [-0.1, -0.05) is 26.7 Å². The maximum absolute atomic E-state index is 11.4. The number of hydrogen-bond donors (Lipinski definition) is 2. The van der Waals surface area contributed by atoms with Crippen LogP contribution in [0.25, 0.3) is 0 Å². The summed E-state index contributed by atoms with van der Waals surface area (Å²) in [5, 5.41) is 2.89. The summed E-state index contributed by atoms with van der Waals surface area (Å²) in [6.45, 7) is 7.05. The van der Waals surface area contributed by atoms with Crippen LogP contribution in [0.3, 0.4) is 0 Å². The zero-order valence-corrected chi connectivity index (χ0v) is 13.0. The summed E-state index contributed by atoms with van der Waals surface area (Å²) in [4.78, 5) is 22.0. The van der Waals surface area contributed by atoms with Crippen molar-refractivity contribution in [1.29, 1.82) is 0 Å². The van der Waals surface area contributed by atoms with Crippen LogP contribution in [0.2, 0.25) is 0 Å². The van der Waals surface area contributed by atoms with E-state index in [1.165, 1.54) is 0 Å². The van der Waals surface area contributed by atoms with Crippen LogP contribution in [0.4, 0.5) is 0 Å². The molecule has 0 aliphatic heterocycles. The molecule has 0 rings (SSSR count). The zero-order valence-electron chi connectivity index (χ0n) is 13.0. The first-order valence-electron chi connectivity index (χ1n) is 7.63. The number of ketones is 1. The van der Waals surface area contributed by atoms with Gasteiger partial charge in [-0.25, -0.2) is 0 Å². The third-order valence-corrected chi connectivity index (χ3v) is 2.64. The molecule has 0 atom stereocenters. The van der Waals surface area contributed by atoms with E-state index in [0.717, 1.165) is 45.1 Å². The number of nitrogens with one attached hydrogen (secondary N) is 1. The van der Waals surface area contributed by atoms with Gasteiger partial charge in [0.05, 0.1) is 0 Å². The van der Waals surface area contributed by atoms with Crippen LogP contribution < -0.4 is 11.1 Å². The highest BCUT2D eigenvalue weighted by Crippen LogP contribution is 2.01. The first-order chi connectivity index (χ1) is 9.16. The molecule has 0 heterocycles. The molecule has 19 heavy (non-hydrogen) atoms. The average Bonchev–Trinajstić information content (AvgIpc) is 2.41. The summed E-state index contributed by atoms with van der Waals surface area (Å²) < 4.78 is 0. The normalized spacial score (nSPS) is 9.47. The van der Waals surface area contributed by atoms with Crippen molar-refractivity contribution in [3.63, 3.8) is 0 Å². The zero-order chi connectivity index (χ0) is 14.9. The summed E-state index contributed by atoms with van der Waals surface area (Å²) >= 11 is 0. The number of amides is 1. The van der Waals surface area contributed by atoms with E-state index in [4.69, 9.17) is 5.73 Å². The minimum absolute atomic E-state index is 0.133. The van der Waals surface area contributed by atoms with E-state index in [2.05, 4.69) is 5.32 Å². The van der Waals surface area contributed by atoms with Gasteiger partial charge in [0.25, 0.3) is 0 Å². The molecule has 0 spiro atoms. The fourth-order valence-electron chi connectivity index (χ4n) is 1.60. The number of Topliss-reactive ketones (excluding diaryl/α,β-unsaturated/α-hetero) is 1. The summed E-state index contributed by atoms with van der Waals surface area (Å²) in [7, 11) is 0. The van der Waals surface area contributed by atoms with Crippen molar-refractivity contribution in [2.75, 3.05) is 13.1 Å². The molecule has 3 N–H and O–H groups in total. The van der Waals surface area contributed by atoms with Crippen LogP contribution in [0.15, 0.2) is 0 Å². The molecule has 114 valence electrons. The van der Waals surface area contributed by atoms with Crippen molar-refractivity contribution < 1.29 is 9.59 Å². The number of unbranched alkanes of at least 4 members (excludes halogenated alkanes) is 4. The Morgan fingerprint density at radius 2 is 1.47 bits per heavy atom. The second-order valence-corrected chi connectivity index (χ2v) is 4.46. The van der Waals surface area contributed by atoms with E-state index >= 15 is 0 Å². The Bertz CT molecular complexity index is 218. The Morgan fingerprint density at radius 1 is 0.895 bits per heavy atom. The summed E-state index contributed by atoms with van der Waals surface area (Å²) in [6, 6.07) is 0. The van der Waals surface area contributed by atoms with Gasteiger partial charge in [0, 0.05) is 19.4 Å². The van der Waals surface area contributed by atoms with E-state index in [0.29, 0.717) is 19.4 Å². The van der Waals surface area contributed by atoms with Crippen molar-refractivity contribution in [2.24, 2.45) is 5.73 Å². The Balaban J connectivity index is 0. The number of carbonyl (C=O) groups is 2. The maximum atomic E-state index is 11.4. The number of hydrogen-bond acceptors (Lipinski definition) is 3. The molecule has 4 heteroatoms. The monoisotopic (exact) mass is 272 g/mol. The van der Waals surface area contributed by atoms with E-state index in [1.807, 2.05) is 13.8 Å². The minimum atomic E-state index is 0.133. The Labute approximate surface area is 118 Å². The van der Waals surface area contributed by atoms with Gasteiger partial charge in [0.1, 0.15) is 5.78 Å². The van der Waals surface area contributed by atoms with Gasteiger partial charge in [-0.15, -0.1) is 0 Å². The molecule has 0 saturated carbocycles. The lowest BCUT2D eigenvalue weighted by Crippen LogP contribution is -2.24. The first kappa shape index (κ1) is 20.4. The third-order valence-electron chi connectivity index (χ3n) is 2.64. The molecule has 0 saturated heterocycles. The van der Waals surface area contributed by atoms with Crippen LogP contribution in [0.1, 0.15) is 72.1 Å². The lowest BCUT2D eigenvalue weighted by molar-refractivity contribution is -0.121. The smallest absolute Gasteiger partial charge is 0.219 e. The Morgan fingerprint density at radius 3 is 2.05 bits per heavy atom.